The van der Waals surface area contributed by atoms with Gasteiger partial charge in [0, 0.05) is 28.0 Å². The molecule has 0 spiro atoms. The molecule has 0 atom stereocenters. The smallest absolute Gasteiger partial charge is 0.238 e. The molecule has 5 nitrogen and oxygen atoms in total. The third-order valence-corrected chi connectivity index (χ3v) is 5.50. The number of halogens is 1. The van der Waals surface area contributed by atoms with Crippen LogP contribution < -0.4 is 5.14 Å². The topological polar surface area (TPSA) is 78.0 Å². The molecule has 0 radical (unpaired) electrons. The monoisotopic (exact) mass is 409 g/mol. The van der Waals surface area contributed by atoms with Crippen LogP contribution in [0.2, 0.25) is 5.02 Å². The molecule has 1 aromatic heterocycles. The molecule has 0 aliphatic heterocycles. The van der Waals surface area contributed by atoms with Gasteiger partial charge in [0.2, 0.25) is 10.0 Å². The molecular formula is C21H16ClN3O2S. The summed E-state index contributed by atoms with van der Waals surface area (Å²) in [5, 5.41) is 5.84. The van der Waals surface area contributed by atoms with Crippen molar-refractivity contribution >= 4 is 21.6 Å². The highest BCUT2D eigenvalue weighted by molar-refractivity contribution is 7.89. The Hall–Kier alpha value is -2.93. The molecule has 0 saturated carbocycles. The van der Waals surface area contributed by atoms with Crippen LogP contribution in [-0.4, -0.2) is 18.0 Å². The lowest BCUT2D eigenvalue weighted by Crippen LogP contribution is -2.12. The van der Waals surface area contributed by atoms with Gasteiger partial charge in [0.15, 0.2) is 0 Å². The maximum Gasteiger partial charge on any atom is 0.238 e. The number of hydrogen-bond acceptors (Lipinski definition) is 3. The number of imidazole rings is 1. The first-order valence-corrected chi connectivity index (χ1v) is 10.4. The third-order valence-electron chi connectivity index (χ3n) is 4.32. The van der Waals surface area contributed by atoms with Crippen LogP contribution in [0.5, 0.6) is 0 Å². The lowest BCUT2D eigenvalue weighted by molar-refractivity contribution is 0.598. The van der Waals surface area contributed by atoms with E-state index in [1.165, 1.54) is 12.1 Å². The normalized spacial score (nSPS) is 11.5. The number of rotatable bonds is 4. The van der Waals surface area contributed by atoms with E-state index in [0.29, 0.717) is 5.02 Å². The molecule has 0 fully saturated rings. The summed E-state index contributed by atoms with van der Waals surface area (Å²) < 4.78 is 25.0. The Morgan fingerprint density at radius 3 is 2.07 bits per heavy atom. The number of nitrogens with zero attached hydrogens (tertiary/aromatic N) is 2. The number of nitrogens with two attached hydrogens (primary N) is 1. The van der Waals surface area contributed by atoms with Crippen LogP contribution in [-0.2, 0) is 10.0 Å². The zero-order chi connectivity index (χ0) is 19.7. The average molecular weight is 410 g/mol. The van der Waals surface area contributed by atoms with E-state index in [2.05, 4.69) is 0 Å². The first-order chi connectivity index (χ1) is 13.4. The molecule has 0 bridgehead atoms. The van der Waals surface area contributed by atoms with Crippen molar-refractivity contribution in [3.8, 4) is 28.3 Å². The molecule has 140 valence electrons. The Kier molecular flexibility index (Phi) is 4.77. The Balaban J connectivity index is 1.87. The predicted molar refractivity (Wildman–Crippen MR) is 111 cm³/mol. The molecule has 3 aromatic carbocycles. The summed E-state index contributed by atoms with van der Waals surface area (Å²) in [6, 6.07) is 23.6. The van der Waals surface area contributed by atoms with Crippen LogP contribution in [0.15, 0.2) is 90.0 Å². The van der Waals surface area contributed by atoms with Gasteiger partial charge in [-0.3, -0.25) is 4.57 Å². The van der Waals surface area contributed by atoms with E-state index in [0.717, 1.165) is 28.3 Å². The van der Waals surface area contributed by atoms with Gasteiger partial charge < -0.3 is 0 Å². The van der Waals surface area contributed by atoms with Gasteiger partial charge in [-0.05, 0) is 48.5 Å². The second kappa shape index (κ2) is 7.24. The Bertz CT molecular complexity index is 1220. The van der Waals surface area contributed by atoms with Crippen molar-refractivity contribution < 1.29 is 8.42 Å². The van der Waals surface area contributed by atoms with Gasteiger partial charge in [-0.1, -0.05) is 41.9 Å². The van der Waals surface area contributed by atoms with Gasteiger partial charge in [0.05, 0.1) is 10.6 Å². The number of sulfonamides is 1. The second-order valence-corrected chi connectivity index (χ2v) is 8.23. The lowest BCUT2D eigenvalue weighted by Gasteiger charge is -2.08. The number of benzene rings is 3. The third kappa shape index (κ3) is 3.71. The summed E-state index contributed by atoms with van der Waals surface area (Å²) in [5.74, 6) is 0.721. The van der Waals surface area contributed by atoms with Crippen molar-refractivity contribution in [2.45, 2.75) is 4.90 Å². The number of primary sulfonamides is 1. The van der Waals surface area contributed by atoms with Crippen molar-refractivity contribution in [3.63, 3.8) is 0 Å². The van der Waals surface area contributed by atoms with E-state index in [1.807, 2.05) is 65.4 Å². The fraction of sp³-hybridized carbons (Fsp3) is 0. The molecule has 2 N–H and O–H groups in total. The predicted octanol–water partition coefficient (Wildman–Crippen LogP) is 4.51. The first kappa shape index (κ1) is 18.4. The van der Waals surface area contributed by atoms with Crippen molar-refractivity contribution in [1.82, 2.24) is 9.55 Å². The Labute approximate surface area is 168 Å². The van der Waals surface area contributed by atoms with Crippen molar-refractivity contribution in [3.05, 3.63) is 90.1 Å². The minimum Gasteiger partial charge on any atom is -0.299 e. The van der Waals surface area contributed by atoms with Gasteiger partial charge in [0.25, 0.3) is 0 Å². The van der Waals surface area contributed by atoms with E-state index in [9.17, 15) is 8.42 Å². The lowest BCUT2D eigenvalue weighted by atomic mass is 10.2. The molecule has 4 rings (SSSR count). The molecule has 1 heterocycles. The molecule has 28 heavy (non-hydrogen) atoms. The summed E-state index contributed by atoms with van der Waals surface area (Å²) in [7, 11) is -3.75. The molecule has 0 saturated heterocycles. The molecular weight excluding hydrogens is 394 g/mol. The minimum atomic E-state index is -3.75. The van der Waals surface area contributed by atoms with Gasteiger partial charge in [-0.2, -0.15) is 0 Å². The van der Waals surface area contributed by atoms with Crippen LogP contribution >= 0.6 is 11.6 Å². The molecule has 7 heteroatoms. The number of aromatic nitrogens is 2. The van der Waals surface area contributed by atoms with Gasteiger partial charge >= 0.3 is 0 Å². The van der Waals surface area contributed by atoms with E-state index in [1.54, 1.807) is 12.1 Å². The number of hydrogen-bond donors (Lipinski definition) is 1. The Morgan fingerprint density at radius 2 is 1.46 bits per heavy atom. The largest absolute Gasteiger partial charge is 0.299 e. The Morgan fingerprint density at radius 1 is 0.821 bits per heavy atom. The SMILES string of the molecule is NS(=O)(=O)c1ccc(-n2cc(-c3ccccc3)nc2-c2ccc(Cl)cc2)cc1. The highest BCUT2D eigenvalue weighted by Gasteiger charge is 2.14. The van der Waals surface area contributed by atoms with Crippen LogP contribution in [0.25, 0.3) is 28.3 Å². The van der Waals surface area contributed by atoms with E-state index >= 15 is 0 Å². The summed E-state index contributed by atoms with van der Waals surface area (Å²) in [4.78, 5) is 4.87. The maximum atomic E-state index is 11.5. The minimum absolute atomic E-state index is 0.0627. The summed E-state index contributed by atoms with van der Waals surface area (Å²) in [5.41, 5.74) is 3.45. The summed E-state index contributed by atoms with van der Waals surface area (Å²) in [6.07, 6.45) is 1.92. The molecule has 0 aliphatic carbocycles. The van der Waals surface area contributed by atoms with Crippen LogP contribution in [0.1, 0.15) is 0 Å². The summed E-state index contributed by atoms with van der Waals surface area (Å²) >= 11 is 6.02. The highest BCUT2D eigenvalue weighted by Crippen LogP contribution is 2.29. The quantitative estimate of drug-likeness (QED) is 0.538. The van der Waals surface area contributed by atoms with Crippen LogP contribution in [0.3, 0.4) is 0 Å². The highest BCUT2D eigenvalue weighted by atomic mass is 35.5. The summed E-state index contributed by atoms with van der Waals surface area (Å²) in [6.45, 7) is 0. The molecule has 0 unspecified atom stereocenters. The second-order valence-electron chi connectivity index (χ2n) is 6.23. The van der Waals surface area contributed by atoms with E-state index in [-0.39, 0.29) is 4.90 Å². The fourth-order valence-corrected chi connectivity index (χ4v) is 3.57. The van der Waals surface area contributed by atoms with Crippen molar-refractivity contribution in [1.29, 1.82) is 0 Å². The van der Waals surface area contributed by atoms with Crippen molar-refractivity contribution in [2.75, 3.05) is 0 Å². The van der Waals surface area contributed by atoms with E-state index < -0.39 is 10.0 Å². The van der Waals surface area contributed by atoms with Gasteiger partial charge in [-0.15, -0.1) is 0 Å². The average Bonchev–Trinajstić information content (AvgIpc) is 3.14. The van der Waals surface area contributed by atoms with Crippen LogP contribution in [0.4, 0.5) is 0 Å². The molecule has 0 aliphatic rings. The van der Waals surface area contributed by atoms with E-state index in [4.69, 9.17) is 21.7 Å². The first-order valence-electron chi connectivity index (χ1n) is 8.46. The van der Waals surface area contributed by atoms with Gasteiger partial charge in [0.1, 0.15) is 5.82 Å². The zero-order valence-electron chi connectivity index (χ0n) is 14.7. The maximum absolute atomic E-state index is 11.5. The van der Waals surface area contributed by atoms with Gasteiger partial charge in [-0.25, -0.2) is 18.5 Å². The fourth-order valence-electron chi connectivity index (χ4n) is 2.92. The standard InChI is InChI=1S/C21H16ClN3O2S/c22-17-8-6-16(7-9-17)21-24-20(15-4-2-1-3-5-15)14-25(21)18-10-12-19(13-11-18)28(23,26)27/h1-14H,(H2,23,26,27). The zero-order valence-corrected chi connectivity index (χ0v) is 16.2. The van der Waals surface area contributed by atoms with Crippen molar-refractivity contribution in [2.24, 2.45) is 5.14 Å². The molecule has 4 aromatic rings. The molecule has 0 amide bonds. The van der Waals surface area contributed by atoms with Crippen LogP contribution in [0, 0.1) is 0 Å².